The molecule has 0 saturated heterocycles. The topological polar surface area (TPSA) is 101 Å². The van der Waals surface area contributed by atoms with E-state index in [0.29, 0.717) is 26.2 Å². The van der Waals surface area contributed by atoms with Gasteiger partial charge in [0.2, 0.25) is 0 Å². The molecule has 0 fully saturated rings. The molecule has 0 bridgehead atoms. The summed E-state index contributed by atoms with van der Waals surface area (Å²) in [5, 5.41) is 2.96. The number of amides is 2. The normalized spacial score (nSPS) is 12.7. The number of nitrogens with two attached hydrogens (primary N) is 1. The van der Waals surface area contributed by atoms with Crippen LogP contribution in [0, 0.1) is 0 Å². The largest absolute Gasteiger partial charge is 0.497 e. The fraction of sp³-hybridized carbons (Fsp3) is 0.552. The highest BCUT2D eigenvalue weighted by Gasteiger charge is 2.23. The number of carbonyl (C=O) groups excluding carboxylic acids is 1. The van der Waals surface area contributed by atoms with Crippen molar-refractivity contribution in [2.75, 3.05) is 34.0 Å². The van der Waals surface area contributed by atoms with E-state index in [2.05, 4.69) is 18.3 Å². The second kappa shape index (κ2) is 16.7. The molecule has 37 heavy (non-hydrogen) atoms. The highest BCUT2D eigenvalue weighted by molar-refractivity contribution is 5.72. The van der Waals surface area contributed by atoms with E-state index in [0.717, 1.165) is 54.1 Å². The molecular formula is C29H44N2O6. The van der Waals surface area contributed by atoms with Crippen molar-refractivity contribution < 1.29 is 28.5 Å². The van der Waals surface area contributed by atoms with E-state index in [4.69, 9.17) is 29.4 Å². The van der Waals surface area contributed by atoms with Gasteiger partial charge in [-0.3, -0.25) is 0 Å². The first-order valence-corrected chi connectivity index (χ1v) is 13.2. The fourth-order valence-corrected chi connectivity index (χ4v) is 4.43. The zero-order chi connectivity index (χ0) is 27.0. The van der Waals surface area contributed by atoms with Crippen LogP contribution in [-0.4, -0.2) is 52.4 Å². The minimum Gasteiger partial charge on any atom is -0.497 e. The van der Waals surface area contributed by atoms with E-state index < -0.39 is 12.3 Å². The van der Waals surface area contributed by atoms with Gasteiger partial charge < -0.3 is 34.7 Å². The molecule has 0 aliphatic carbocycles. The summed E-state index contributed by atoms with van der Waals surface area (Å²) in [5.41, 5.74) is 7.75. The molecule has 2 rings (SSSR count). The van der Waals surface area contributed by atoms with Crippen LogP contribution in [0.3, 0.4) is 0 Å². The van der Waals surface area contributed by atoms with Crippen LogP contribution in [0.25, 0.3) is 0 Å². The highest BCUT2D eigenvalue weighted by atomic mass is 16.7. The predicted molar refractivity (Wildman–Crippen MR) is 146 cm³/mol. The van der Waals surface area contributed by atoms with Gasteiger partial charge in [-0.05, 0) is 68.4 Å². The quantitative estimate of drug-likeness (QED) is 0.256. The van der Waals surface area contributed by atoms with Crippen LogP contribution in [0.15, 0.2) is 42.5 Å². The van der Waals surface area contributed by atoms with Gasteiger partial charge in [-0.25, -0.2) is 4.79 Å². The zero-order valence-electron chi connectivity index (χ0n) is 23.0. The Balaban J connectivity index is 2.15. The lowest BCUT2D eigenvalue weighted by atomic mass is 9.85. The average molecular weight is 517 g/mol. The molecule has 8 heteroatoms. The maximum atomic E-state index is 11.9. The molecule has 0 radical (unpaired) electrons. The van der Waals surface area contributed by atoms with Crippen molar-refractivity contribution in [2.45, 2.75) is 71.1 Å². The monoisotopic (exact) mass is 516 g/mol. The summed E-state index contributed by atoms with van der Waals surface area (Å²) in [6.07, 6.45) is 4.11. The van der Waals surface area contributed by atoms with Gasteiger partial charge >= 0.3 is 6.03 Å². The third-order valence-corrected chi connectivity index (χ3v) is 6.20. The lowest BCUT2D eigenvalue weighted by molar-refractivity contribution is -0.152. The third kappa shape index (κ3) is 10.5. The number of benzene rings is 2. The molecule has 0 saturated carbocycles. The van der Waals surface area contributed by atoms with Crippen molar-refractivity contribution in [3.05, 3.63) is 53.6 Å². The molecule has 2 amide bonds. The van der Waals surface area contributed by atoms with Crippen LogP contribution in [0.1, 0.15) is 63.5 Å². The van der Waals surface area contributed by atoms with E-state index in [1.165, 1.54) is 0 Å². The van der Waals surface area contributed by atoms with Gasteiger partial charge in [-0.2, -0.15) is 0 Å². The number of methoxy groups -OCH3 is 2. The molecule has 2 atom stereocenters. The molecule has 0 aliphatic heterocycles. The van der Waals surface area contributed by atoms with Gasteiger partial charge in [0.05, 0.1) is 14.2 Å². The van der Waals surface area contributed by atoms with Crippen molar-refractivity contribution in [3.63, 3.8) is 0 Å². The van der Waals surface area contributed by atoms with Crippen LogP contribution in [-0.2, 0) is 15.9 Å². The Morgan fingerprint density at radius 1 is 0.946 bits per heavy atom. The molecule has 8 nitrogen and oxygen atoms in total. The summed E-state index contributed by atoms with van der Waals surface area (Å²) < 4.78 is 28.0. The summed E-state index contributed by atoms with van der Waals surface area (Å²) >= 11 is 0. The van der Waals surface area contributed by atoms with Crippen molar-refractivity contribution in [1.82, 2.24) is 5.32 Å². The number of urea groups is 1. The molecule has 2 aromatic carbocycles. The number of rotatable bonds is 18. The number of unbranched alkanes of at least 4 members (excludes halogenated alkanes) is 1. The zero-order valence-corrected chi connectivity index (χ0v) is 23.0. The standard InChI is InChI=1S/C29H44N2O6/c1-6-9-10-22(26-16-15-25(33-4)19-27(26)34-5)18-23(31-29(30)32)17-21-11-13-24(14-12-21)37-20-28(35-7-2)36-8-3/h11-16,19,22-23,28H,6-10,17-18,20H2,1-5H3,(H3,30,31,32). The van der Waals surface area contributed by atoms with Gasteiger partial charge in [0.15, 0.2) is 6.29 Å². The number of hydrogen-bond donors (Lipinski definition) is 2. The Hall–Kier alpha value is -2.97. The second-order valence-electron chi connectivity index (χ2n) is 8.89. The van der Waals surface area contributed by atoms with Gasteiger partial charge in [0, 0.05) is 25.3 Å². The number of hydrogen-bond acceptors (Lipinski definition) is 6. The Morgan fingerprint density at radius 2 is 1.62 bits per heavy atom. The Labute approximate surface area is 221 Å². The van der Waals surface area contributed by atoms with Gasteiger partial charge in [0.1, 0.15) is 23.9 Å². The average Bonchev–Trinajstić information content (AvgIpc) is 2.90. The lowest BCUT2D eigenvalue weighted by Gasteiger charge is -2.26. The maximum absolute atomic E-state index is 11.9. The molecule has 0 aromatic heterocycles. The Bertz CT molecular complexity index is 915. The van der Waals surface area contributed by atoms with Crippen molar-refractivity contribution in [2.24, 2.45) is 5.73 Å². The van der Waals surface area contributed by atoms with Crippen LogP contribution >= 0.6 is 0 Å². The van der Waals surface area contributed by atoms with Crippen molar-refractivity contribution in [1.29, 1.82) is 0 Å². The number of nitrogens with one attached hydrogen (secondary N) is 1. The summed E-state index contributed by atoms with van der Waals surface area (Å²) in [6, 6.07) is 13.1. The van der Waals surface area contributed by atoms with E-state index in [1.54, 1.807) is 14.2 Å². The molecule has 2 unspecified atom stereocenters. The number of ether oxygens (including phenoxy) is 5. The van der Waals surface area contributed by atoms with Gasteiger partial charge in [-0.1, -0.05) is 38.0 Å². The summed E-state index contributed by atoms with van der Waals surface area (Å²) in [4.78, 5) is 11.9. The minimum atomic E-state index is -0.529. The SMILES string of the molecule is CCCCC(CC(Cc1ccc(OCC(OCC)OCC)cc1)NC(N)=O)c1ccc(OC)cc1OC. The summed E-state index contributed by atoms with van der Waals surface area (Å²) in [7, 11) is 3.31. The van der Waals surface area contributed by atoms with Crippen LogP contribution in [0.5, 0.6) is 17.2 Å². The van der Waals surface area contributed by atoms with Crippen molar-refractivity contribution >= 4 is 6.03 Å². The van der Waals surface area contributed by atoms with Crippen LogP contribution in [0.4, 0.5) is 4.79 Å². The minimum absolute atomic E-state index is 0.141. The van der Waals surface area contributed by atoms with E-state index in [9.17, 15) is 4.79 Å². The van der Waals surface area contributed by atoms with E-state index in [-0.39, 0.29) is 12.0 Å². The predicted octanol–water partition coefficient (Wildman–Crippen LogP) is 5.43. The second-order valence-corrected chi connectivity index (χ2v) is 8.89. The molecule has 0 aliphatic rings. The Morgan fingerprint density at radius 3 is 2.19 bits per heavy atom. The van der Waals surface area contributed by atoms with Crippen LogP contribution < -0.4 is 25.3 Å². The highest BCUT2D eigenvalue weighted by Crippen LogP contribution is 2.36. The summed E-state index contributed by atoms with van der Waals surface area (Å²) in [5.74, 6) is 2.46. The molecule has 0 spiro atoms. The lowest BCUT2D eigenvalue weighted by Crippen LogP contribution is -2.40. The van der Waals surface area contributed by atoms with Gasteiger partial charge in [0.25, 0.3) is 0 Å². The first-order valence-electron chi connectivity index (χ1n) is 13.2. The molecule has 3 N–H and O–H groups in total. The molecule has 0 heterocycles. The molecular weight excluding hydrogens is 472 g/mol. The fourth-order valence-electron chi connectivity index (χ4n) is 4.43. The molecule has 206 valence electrons. The summed E-state index contributed by atoms with van der Waals surface area (Å²) in [6.45, 7) is 7.46. The van der Waals surface area contributed by atoms with Gasteiger partial charge in [-0.15, -0.1) is 0 Å². The smallest absolute Gasteiger partial charge is 0.312 e. The van der Waals surface area contributed by atoms with Crippen molar-refractivity contribution in [3.8, 4) is 17.2 Å². The van der Waals surface area contributed by atoms with E-state index in [1.807, 2.05) is 50.2 Å². The van der Waals surface area contributed by atoms with E-state index >= 15 is 0 Å². The first-order chi connectivity index (χ1) is 17.9. The molecule has 2 aromatic rings. The third-order valence-electron chi connectivity index (χ3n) is 6.20. The number of carbonyl (C=O) groups is 1. The first kappa shape index (κ1) is 30.3. The number of primary amides is 1. The Kier molecular flexibility index (Phi) is 13.7. The maximum Gasteiger partial charge on any atom is 0.312 e. The van der Waals surface area contributed by atoms with Crippen LogP contribution in [0.2, 0.25) is 0 Å².